The standard InChI is InChI=1S/C24H22BrN3O/c1-15-5-7-21(8-6-15)27-24(29)20(14-26)13-19-12-17(3)28(18(19)4)22-9-10-23(25)16(2)11-22/h5-13H,1-4H3,(H,27,29)/b20-13-. The summed E-state index contributed by atoms with van der Waals surface area (Å²) in [6.07, 6.45) is 1.65. The molecule has 0 unspecified atom stereocenters. The van der Waals surface area contributed by atoms with Crippen molar-refractivity contribution in [3.8, 4) is 11.8 Å². The van der Waals surface area contributed by atoms with Crippen LogP contribution >= 0.6 is 15.9 Å². The average molecular weight is 448 g/mol. The lowest BCUT2D eigenvalue weighted by molar-refractivity contribution is -0.112. The molecular formula is C24H22BrN3O. The molecular weight excluding hydrogens is 426 g/mol. The van der Waals surface area contributed by atoms with Crippen LogP contribution in [0, 0.1) is 39.0 Å². The van der Waals surface area contributed by atoms with E-state index in [0.717, 1.165) is 38.2 Å². The fourth-order valence-electron chi connectivity index (χ4n) is 3.24. The highest BCUT2D eigenvalue weighted by Crippen LogP contribution is 2.26. The van der Waals surface area contributed by atoms with Crippen molar-refractivity contribution in [2.45, 2.75) is 27.7 Å². The van der Waals surface area contributed by atoms with Gasteiger partial charge in [-0.3, -0.25) is 4.79 Å². The number of benzene rings is 2. The van der Waals surface area contributed by atoms with E-state index < -0.39 is 5.91 Å². The van der Waals surface area contributed by atoms with Gasteiger partial charge in [-0.05, 0) is 81.3 Å². The molecule has 1 heterocycles. The summed E-state index contributed by atoms with van der Waals surface area (Å²) in [7, 11) is 0. The summed E-state index contributed by atoms with van der Waals surface area (Å²) < 4.78 is 3.18. The van der Waals surface area contributed by atoms with Gasteiger partial charge in [-0.2, -0.15) is 5.26 Å². The van der Waals surface area contributed by atoms with Gasteiger partial charge < -0.3 is 9.88 Å². The number of nitriles is 1. The number of rotatable bonds is 4. The molecule has 0 bridgehead atoms. The number of nitrogens with one attached hydrogen (secondary N) is 1. The van der Waals surface area contributed by atoms with E-state index in [4.69, 9.17) is 0 Å². The normalized spacial score (nSPS) is 11.2. The Labute approximate surface area is 179 Å². The van der Waals surface area contributed by atoms with Crippen LogP contribution in [-0.4, -0.2) is 10.5 Å². The van der Waals surface area contributed by atoms with Gasteiger partial charge in [-0.15, -0.1) is 0 Å². The first-order valence-corrected chi connectivity index (χ1v) is 10.0. The van der Waals surface area contributed by atoms with Crippen LogP contribution in [0.1, 0.15) is 28.1 Å². The Morgan fingerprint density at radius 3 is 2.38 bits per heavy atom. The third kappa shape index (κ3) is 4.49. The van der Waals surface area contributed by atoms with Crippen LogP contribution in [0.15, 0.2) is 58.6 Å². The van der Waals surface area contributed by atoms with Gasteiger partial charge in [-0.25, -0.2) is 0 Å². The number of amides is 1. The van der Waals surface area contributed by atoms with E-state index in [2.05, 4.69) is 31.9 Å². The van der Waals surface area contributed by atoms with Crippen molar-refractivity contribution in [1.29, 1.82) is 5.26 Å². The van der Waals surface area contributed by atoms with E-state index >= 15 is 0 Å². The largest absolute Gasteiger partial charge is 0.321 e. The van der Waals surface area contributed by atoms with E-state index in [1.165, 1.54) is 0 Å². The van der Waals surface area contributed by atoms with Crippen LogP contribution in [0.5, 0.6) is 0 Å². The molecule has 1 amide bonds. The van der Waals surface area contributed by atoms with Gasteiger partial charge in [0, 0.05) is 27.2 Å². The minimum Gasteiger partial charge on any atom is -0.321 e. The summed E-state index contributed by atoms with van der Waals surface area (Å²) in [5.41, 5.74) is 6.88. The molecule has 0 spiro atoms. The molecule has 0 aliphatic carbocycles. The molecule has 0 fully saturated rings. The van der Waals surface area contributed by atoms with E-state index in [1.54, 1.807) is 6.08 Å². The van der Waals surface area contributed by atoms with Crippen molar-refractivity contribution in [3.63, 3.8) is 0 Å². The second-order valence-corrected chi connectivity index (χ2v) is 7.94. The molecule has 3 aromatic rings. The Balaban J connectivity index is 1.94. The molecule has 2 aromatic carbocycles. The molecule has 4 nitrogen and oxygen atoms in total. The zero-order chi connectivity index (χ0) is 21.1. The average Bonchev–Trinajstić information content (AvgIpc) is 2.97. The number of aromatic nitrogens is 1. The van der Waals surface area contributed by atoms with Gasteiger partial charge in [0.25, 0.3) is 5.91 Å². The molecule has 0 atom stereocenters. The van der Waals surface area contributed by atoms with Crippen molar-refractivity contribution in [1.82, 2.24) is 4.57 Å². The monoisotopic (exact) mass is 447 g/mol. The number of hydrogen-bond acceptors (Lipinski definition) is 2. The highest BCUT2D eigenvalue weighted by Gasteiger charge is 2.14. The summed E-state index contributed by atoms with van der Waals surface area (Å²) in [4.78, 5) is 12.6. The second kappa shape index (κ2) is 8.50. The number of halogens is 1. The van der Waals surface area contributed by atoms with Crippen LogP contribution in [0.25, 0.3) is 11.8 Å². The summed E-state index contributed by atoms with van der Waals surface area (Å²) in [6, 6.07) is 17.7. The topological polar surface area (TPSA) is 57.8 Å². The maximum Gasteiger partial charge on any atom is 0.266 e. The van der Waals surface area contributed by atoms with Crippen molar-refractivity contribution in [2.24, 2.45) is 0 Å². The SMILES string of the molecule is Cc1ccc(NC(=O)/C(C#N)=C\c2cc(C)n(-c3ccc(Br)c(C)c3)c2C)cc1. The van der Waals surface area contributed by atoms with E-state index in [-0.39, 0.29) is 5.57 Å². The molecule has 146 valence electrons. The van der Waals surface area contributed by atoms with Crippen molar-refractivity contribution in [3.05, 3.63) is 86.7 Å². The Morgan fingerprint density at radius 1 is 1.07 bits per heavy atom. The second-order valence-electron chi connectivity index (χ2n) is 7.09. The van der Waals surface area contributed by atoms with Gasteiger partial charge >= 0.3 is 0 Å². The Kier molecular flexibility index (Phi) is 6.05. The molecule has 0 aliphatic rings. The summed E-state index contributed by atoms with van der Waals surface area (Å²) in [6.45, 7) is 8.03. The van der Waals surface area contributed by atoms with Crippen LogP contribution < -0.4 is 5.32 Å². The maximum atomic E-state index is 12.6. The van der Waals surface area contributed by atoms with Crippen molar-refractivity contribution in [2.75, 3.05) is 5.32 Å². The Hall–Kier alpha value is -3.10. The fourth-order valence-corrected chi connectivity index (χ4v) is 3.49. The van der Waals surface area contributed by atoms with Gasteiger partial charge in [0.15, 0.2) is 0 Å². The van der Waals surface area contributed by atoms with Gasteiger partial charge in [0.05, 0.1) is 0 Å². The van der Waals surface area contributed by atoms with Crippen LogP contribution in [0.3, 0.4) is 0 Å². The van der Waals surface area contributed by atoms with Crippen LogP contribution in [0.2, 0.25) is 0 Å². The third-order valence-electron chi connectivity index (χ3n) is 4.84. The number of carbonyl (C=O) groups is 1. The Bertz CT molecular complexity index is 1150. The predicted octanol–water partition coefficient (Wildman–Crippen LogP) is 6.02. The first kappa shape index (κ1) is 20.6. The van der Waals surface area contributed by atoms with Gasteiger partial charge in [0.2, 0.25) is 0 Å². The molecule has 29 heavy (non-hydrogen) atoms. The molecule has 1 aromatic heterocycles. The molecule has 0 radical (unpaired) electrons. The number of hydrogen-bond donors (Lipinski definition) is 1. The lowest BCUT2D eigenvalue weighted by atomic mass is 10.1. The van der Waals surface area contributed by atoms with Crippen molar-refractivity contribution >= 4 is 33.6 Å². The van der Waals surface area contributed by atoms with E-state index in [0.29, 0.717) is 5.69 Å². The quantitative estimate of drug-likeness (QED) is 0.392. The number of nitrogens with zero attached hydrogens (tertiary/aromatic N) is 2. The first-order chi connectivity index (χ1) is 13.8. The molecule has 0 aliphatic heterocycles. The molecule has 5 heteroatoms. The maximum absolute atomic E-state index is 12.6. The van der Waals surface area contributed by atoms with Crippen molar-refractivity contribution < 1.29 is 4.79 Å². The van der Waals surface area contributed by atoms with E-state index in [9.17, 15) is 10.1 Å². The predicted molar refractivity (Wildman–Crippen MR) is 121 cm³/mol. The lowest BCUT2D eigenvalue weighted by Gasteiger charge is -2.11. The molecule has 1 N–H and O–H groups in total. The highest BCUT2D eigenvalue weighted by molar-refractivity contribution is 9.10. The minimum atomic E-state index is -0.416. The summed E-state index contributed by atoms with van der Waals surface area (Å²) in [5, 5.41) is 12.3. The fraction of sp³-hybridized carbons (Fsp3) is 0.167. The van der Waals surface area contributed by atoms with Crippen LogP contribution in [0.4, 0.5) is 5.69 Å². The first-order valence-electron chi connectivity index (χ1n) is 9.25. The molecule has 0 saturated carbocycles. The van der Waals surface area contributed by atoms with Crippen LogP contribution in [-0.2, 0) is 4.79 Å². The van der Waals surface area contributed by atoms with E-state index in [1.807, 2.05) is 76.2 Å². The zero-order valence-corrected chi connectivity index (χ0v) is 18.5. The minimum absolute atomic E-state index is 0.0674. The number of aryl methyl sites for hydroxylation is 3. The third-order valence-corrected chi connectivity index (χ3v) is 5.73. The highest BCUT2D eigenvalue weighted by atomic mass is 79.9. The smallest absolute Gasteiger partial charge is 0.266 e. The zero-order valence-electron chi connectivity index (χ0n) is 16.9. The van der Waals surface area contributed by atoms with Gasteiger partial charge in [-0.1, -0.05) is 33.6 Å². The number of carbonyl (C=O) groups excluding carboxylic acids is 1. The lowest BCUT2D eigenvalue weighted by Crippen LogP contribution is -2.13. The summed E-state index contributed by atoms with van der Waals surface area (Å²) >= 11 is 3.53. The molecule has 3 rings (SSSR count). The molecule has 0 saturated heterocycles. The summed E-state index contributed by atoms with van der Waals surface area (Å²) in [5.74, 6) is -0.416. The number of anilines is 1. The van der Waals surface area contributed by atoms with Gasteiger partial charge in [0.1, 0.15) is 11.6 Å². The Morgan fingerprint density at radius 2 is 1.76 bits per heavy atom.